The van der Waals surface area contributed by atoms with E-state index >= 15 is 0 Å². The molecule has 0 aromatic carbocycles. The van der Waals surface area contributed by atoms with Gasteiger partial charge in [0.15, 0.2) is 9.84 Å². The summed E-state index contributed by atoms with van der Waals surface area (Å²) in [6.45, 7) is 2.69. The maximum Gasteiger partial charge on any atom is 0.152 e. The predicted molar refractivity (Wildman–Crippen MR) is 57.6 cm³/mol. The Balaban J connectivity index is 2.74. The van der Waals surface area contributed by atoms with Crippen LogP contribution >= 0.6 is 0 Å². The fourth-order valence-corrected chi connectivity index (χ4v) is 3.71. The molecule has 0 aliphatic heterocycles. The van der Waals surface area contributed by atoms with Gasteiger partial charge in [-0.15, -0.1) is 0 Å². The maximum absolute atomic E-state index is 11.6. The van der Waals surface area contributed by atoms with E-state index in [9.17, 15) is 8.42 Å². The first-order chi connectivity index (χ1) is 6.49. The molecule has 1 aliphatic rings. The van der Waals surface area contributed by atoms with Gasteiger partial charge in [-0.2, -0.15) is 0 Å². The van der Waals surface area contributed by atoms with Gasteiger partial charge in [-0.3, -0.25) is 0 Å². The first-order valence-corrected chi connectivity index (χ1v) is 6.83. The lowest BCUT2D eigenvalue weighted by Gasteiger charge is -2.25. The van der Waals surface area contributed by atoms with Crippen LogP contribution in [0.5, 0.6) is 0 Å². The van der Waals surface area contributed by atoms with Crippen LogP contribution < -0.4 is 11.5 Å². The highest BCUT2D eigenvalue weighted by Crippen LogP contribution is 2.39. The highest BCUT2D eigenvalue weighted by Gasteiger charge is 2.41. The SMILES string of the molecule is CCS(=O)(=O)[C@H]1CCC(CN)(CN)C1. The van der Waals surface area contributed by atoms with Gasteiger partial charge in [0.2, 0.25) is 0 Å². The van der Waals surface area contributed by atoms with Gasteiger partial charge in [-0.25, -0.2) is 8.42 Å². The summed E-state index contributed by atoms with van der Waals surface area (Å²) in [5, 5.41) is -0.209. The van der Waals surface area contributed by atoms with E-state index in [4.69, 9.17) is 11.5 Å². The summed E-state index contributed by atoms with van der Waals surface area (Å²) in [4.78, 5) is 0. The molecule has 0 aromatic rings. The second kappa shape index (κ2) is 4.16. The van der Waals surface area contributed by atoms with Crippen LogP contribution in [0.15, 0.2) is 0 Å². The maximum atomic E-state index is 11.6. The first kappa shape index (κ1) is 11.9. The van der Waals surface area contributed by atoms with E-state index < -0.39 is 9.84 Å². The average molecular weight is 220 g/mol. The van der Waals surface area contributed by atoms with E-state index in [1.165, 1.54) is 0 Å². The normalized spacial score (nSPS) is 26.6. The number of rotatable bonds is 4. The lowest BCUT2D eigenvalue weighted by Crippen LogP contribution is -2.36. The molecule has 4 N–H and O–H groups in total. The molecule has 0 saturated heterocycles. The molecule has 84 valence electrons. The summed E-state index contributed by atoms with van der Waals surface area (Å²) in [6.07, 6.45) is 2.23. The van der Waals surface area contributed by atoms with Crippen molar-refractivity contribution in [1.82, 2.24) is 0 Å². The van der Waals surface area contributed by atoms with E-state index in [1.807, 2.05) is 0 Å². The zero-order valence-electron chi connectivity index (χ0n) is 8.70. The molecule has 0 unspecified atom stereocenters. The molecule has 0 spiro atoms. The van der Waals surface area contributed by atoms with Gasteiger partial charge in [-0.1, -0.05) is 6.92 Å². The highest BCUT2D eigenvalue weighted by atomic mass is 32.2. The largest absolute Gasteiger partial charge is 0.330 e. The Morgan fingerprint density at radius 2 is 1.93 bits per heavy atom. The van der Waals surface area contributed by atoms with Crippen molar-refractivity contribution >= 4 is 9.84 Å². The van der Waals surface area contributed by atoms with Gasteiger partial charge in [0.1, 0.15) is 0 Å². The molecule has 1 aliphatic carbocycles. The highest BCUT2D eigenvalue weighted by molar-refractivity contribution is 7.92. The van der Waals surface area contributed by atoms with Gasteiger partial charge in [-0.05, 0) is 37.8 Å². The Kier molecular flexibility index (Phi) is 3.55. The molecule has 4 nitrogen and oxygen atoms in total. The fourth-order valence-electron chi connectivity index (χ4n) is 2.15. The van der Waals surface area contributed by atoms with Crippen molar-refractivity contribution in [3.05, 3.63) is 0 Å². The van der Waals surface area contributed by atoms with Crippen LogP contribution in [-0.4, -0.2) is 32.5 Å². The van der Waals surface area contributed by atoms with E-state index in [1.54, 1.807) is 6.92 Å². The summed E-state index contributed by atoms with van der Waals surface area (Å²) in [6, 6.07) is 0. The van der Waals surface area contributed by atoms with Crippen LogP contribution in [0.4, 0.5) is 0 Å². The van der Waals surface area contributed by atoms with E-state index in [-0.39, 0.29) is 16.4 Å². The summed E-state index contributed by atoms with van der Waals surface area (Å²) in [5.41, 5.74) is 11.2. The number of hydrogen-bond acceptors (Lipinski definition) is 4. The average Bonchev–Trinajstić information content (AvgIpc) is 2.63. The summed E-state index contributed by atoms with van der Waals surface area (Å²) in [7, 11) is -2.90. The van der Waals surface area contributed by atoms with Crippen molar-refractivity contribution in [3.8, 4) is 0 Å². The molecule has 0 aromatic heterocycles. The molecule has 0 radical (unpaired) electrons. The predicted octanol–water partition coefficient (Wildman–Crippen LogP) is -0.123. The zero-order valence-corrected chi connectivity index (χ0v) is 9.52. The first-order valence-electron chi connectivity index (χ1n) is 5.11. The molecule has 5 heteroatoms. The van der Waals surface area contributed by atoms with Gasteiger partial charge >= 0.3 is 0 Å². The Morgan fingerprint density at radius 3 is 2.29 bits per heavy atom. The van der Waals surface area contributed by atoms with Gasteiger partial charge in [0.25, 0.3) is 0 Å². The molecule has 1 fully saturated rings. The number of hydrogen-bond donors (Lipinski definition) is 2. The zero-order chi connectivity index (χ0) is 10.8. The van der Waals surface area contributed by atoms with Crippen molar-refractivity contribution < 1.29 is 8.42 Å². The van der Waals surface area contributed by atoms with E-state index in [2.05, 4.69) is 0 Å². The van der Waals surface area contributed by atoms with Crippen molar-refractivity contribution in [2.24, 2.45) is 16.9 Å². The van der Waals surface area contributed by atoms with Crippen LogP contribution in [0.2, 0.25) is 0 Å². The molecule has 14 heavy (non-hydrogen) atoms. The molecule has 1 atom stereocenters. The lowest BCUT2D eigenvalue weighted by molar-refractivity contribution is 0.321. The fraction of sp³-hybridized carbons (Fsp3) is 1.00. The Morgan fingerprint density at radius 1 is 1.36 bits per heavy atom. The monoisotopic (exact) mass is 220 g/mol. The van der Waals surface area contributed by atoms with Crippen LogP contribution in [0.1, 0.15) is 26.2 Å². The minimum atomic E-state index is -2.90. The lowest BCUT2D eigenvalue weighted by atomic mass is 9.87. The summed E-state index contributed by atoms with van der Waals surface area (Å²) in [5.74, 6) is 0.225. The molecular weight excluding hydrogens is 200 g/mol. The Bertz CT molecular complexity index is 283. The Labute approximate surface area is 86.0 Å². The summed E-state index contributed by atoms with van der Waals surface area (Å²) >= 11 is 0. The van der Waals surface area contributed by atoms with Crippen LogP contribution in [0.3, 0.4) is 0 Å². The third kappa shape index (κ3) is 2.10. The standard InChI is InChI=1S/C9H20N2O2S/c1-2-14(12,13)8-3-4-9(5-8,6-10)7-11/h8H,2-7,10-11H2,1H3/t8-/m0/s1. The van der Waals surface area contributed by atoms with Gasteiger partial charge < -0.3 is 11.5 Å². The third-order valence-corrected chi connectivity index (χ3v) is 5.66. The van der Waals surface area contributed by atoms with Crippen LogP contribution in [0.25, 0.3) is 0 Å². The molecule has 1 rings (SSSR count). The van der Waals surface area contributed by atoms with Crippen LogP contribution in [0, 0.1) is 5.41 Å². The second-order valence-corrected chi connectivity index (χ2v) is 6.79. The third-order valence-electron chi connectivity index (χ3n) is 3.43. The summed E-state index contributed by atoms with van der Waals surface area (Å²) < 4.78 is 23.3. The van der Waals surface area contributed by atoms with E-state index in [0.29, 0.717) is 19.5 Å². The van der Waals surface area contributed by atoms with E-state index in [0.717, 1.165) is 12.8 Å². The van der Waals surface area contributed by atoms with Crippen molar-refractivity contribution in [2.45, 2.75) is 31.4 Å². The molecule has 0 heterocycles. The molecular formula is C9H20N2O2S. The number of nitrogens with two attached hydrogens (primary N) is 2. The van der Waals surface area contributed by atoms with Crippen molar-refractivity contribution in [2.75, 3.05) is 18.8 Å². The topological polar surface area (TPSA) is 86.2 Å². The minimum absolute atomic E-state index is 0.118. The van der Waals surface area contributed by atoms with Gasteiger partial charge in [0, 0.05) is 5.75 Å². The quantitative estimate of drug-likeness (QED) is 0.691. The smallest absolute Gasteiger partial charge is 0.152 e. The van der Waals surface area contributed by atoms with Crippen LogP contribution in [-0.2, 0) is 9.84 Å². The Hall–Kier alpha value is -0.130. The molecule has 1 saturated carbocycles. The second-order valence-electron chi connectivity index (χ2n) is 4.22. The molecule has 0 bridgehead atoms. The van der Waals surface area contributed by atoms with Crippen molar-refractivity contribution in [1.29, 1.82) is 0 Å². The van der Waals surface area contributed by atoms with Gasteiger partial charge in [0.05, 0.1) is 5.25 Å². The minimum Gasteiger partial charge on any atom is -0.330 e. The van der Waals surface area contributed by atoms with Crippen molar-refractivity contribution in [3.63, 3.8) is 0 Å². The molecule has 0 amide bonds. The number of sulfone groups is 1.